The van der Waals surface area contributed by atoms with Gasteiger partial charge in [0.15, 0.2) is 11.5 Å². The molecule has 0 aliphatic carbocycles. The van der Waals surface area contributed by atoms with Crippen LogP contribution in [0.4, 0.5) is 58.7 Å². The smallest absolute Gasteiger partial charge is 0.416 e. The van der Waals surface area contributed by atoms with Crippen LogP contribution in [0.2, 0.25) is 0 Å². The van der Waals surface area contributed by atoms with Gasteiger partial charge in [0.05, 0.1) is 46.1 Å². The van der Waals surface area contributed by atoms with Gasteiger partial charge in [-0.25, -0.2) is 19.6 Å². The number of amides is 6. The molecule has 0 saturated heterocycles. The fourth-order valence-electron chi connectivity index (χ4n) is 6.38. The van der Waals surface area contributed by atoms with Crippen molar-refractivity contribution >= 4 is 58.6 Å². The van der Waals surface area contributed by atoms with Crippen LogP contribution in [-0.2, 0) is 31.4 Å². The first-order valence-electron chi connectivity index (χ1n) is 23.6. The normalized spacial score (nSPS) is 12.6. The number of hydrogen-bond donors (Lipinski definition) is 8. The van der Waals surface area contributed by atoms with Gasteiger partial charge in [-0.1, -0.05) is 0 Å². The number of carbonyl (C=O) groups is 6. The van der Waals surface area contributed by atoms with E-state index >= 15 is 0 Å². The Morgan fingerprint density at radius 3 is 1.19 bits per heavy atom. The van der Waals surface area contributed by atoms with Crippen LogP contribution in [0.1, 0.15) is 139 Å². The Morgan fingerprint density at radius 1 is 0.541 bits per heavy atom. The zero-order valence-electron chi connectivity index (χ0n) is 42.5. The van der Waals surface area contributed by atoms with E-state index in [2.05, 4.69) is 41.9 Å². The number of aromatic nitrogens is 2. The van der Waals surface area contributed by atoms with Crippen molar-refractivity contribution in [2.45, 2.75) is 143 Å². The van der Waals surface area contributed by atoms with Crippen LogP contribution in [0.15, 0.2) is 36.7 Å². The molecular formula is C48H66F6N10O10. The van der Waals surface area contributed by atoms with Crippen molar-refractivity contribution in [3.8, 4) is 11.5 Å². The zero-order chi connectivity index (χ0) is 55.6. The molecule has 1 aromatic heterocycles. The molecule has 0 fully saturated rings. The van der Waals surface area contributed by atoms with Crippen molar-refractivity contribution in [1.82, 2.24) is 20.6 Å². The van der Waals surface area contributed by atoms with E-state index in [-0.39, 0.29) is 51.9 Å². The Labute approximate surface area is 424 Å². The van der Waals surface area contributed by atoms with Crippen LogP contribution in [-0.4, -0.2) is 95.4 Å². The van der Waals surface area contributed by atoms with Crippen molar-refractivity contribution in [1.29, 1.82) is 0 Å². The fourth-order valence-corrected chi connectivity index (χ4v) is 6.38. The van der Waals surface area contributed by atoms with Gasteiger partial charge in [0.25, 0.3) is 11.8 Å². The number of benzene rings is 2. The maximum atomic E-state index is 14.4. The number of hydrogen-bond acceptors (Lipinski definition) is 14. The summed E-state index contributed by atoms with van der Waals surface area (Å²) in [6.07, 6.45) is -11.4. The molecule has 10 N–H and O–H groups in total. The maximum absolute atomic E-state index is 14.4. The standard InChI is InChI=1S/C48H66F6N10O10/c1-27(15-19-57-43(69)73-45(3,4)5)71-39-31(61-37(65)13-9-11-17-55)21-29(47(49,50)51)23-33(39)63-41(67)35-25-36(60-26-59-35)42(68)64-34-24-30(48(52,53)54)22-32(62-38(66)14-10-12-18-56)40(34)72-28(2)16-20-58-44(70)74-46(6,7)8/h21-28H,9-20,55-56H2,1-8H3,(H,57,69)(H,58,70)(H,61,65)(H,62,66)(H,63,67)(H,64,68)/t27-,28-/m0/s1. The number of nitrogens with zero attached hydrogens (tertiary/aromatic N) is 2. The number of unbranched alkanes of at least 4 members (excludes halogenated alkanes) is 2. The highest BCUT2D eigenvalue weighted by Crippen LogP contribution is 2.43. The molecule has 2 atom stereocenters. The first kappa shape index (κ1) is 61.3. The monoisotopic (exact) mass is 1060 g/mol. The first-order valence-corrected chi connectivity index (χ1v) is 23.6. The van der Waals surface area contributed by atoms with E-state index in [0.29, 0.717) is 49.9 Å². The summed E-state index contributed by atoms with van der Waals surface area (Å²) >= 11 is 0. The molecule has 0 aliphatic heterocycles. The van der Waals surface area contributed by atoms with Gasteiger partial charge in [-0.05, 0) is 118 Å². The highest BCUT2D eigenvalue weighted by Gasteiger charge is 2.36. The topological polar surface area (TPSA) is 289 Å². The molecular weight excluding hydrogens is 991 g/mol. The van der Waals surface area contributed by atoms with E-state index in [1.165, 1.54) is 13.8 Å². The lowest BCUT2D eigenvalue weighted by atomic mass is 10.1. The number of ether oxygens (including phenoxy) is 4. The van der Waals surface area contributed by atoms with Gasteiger partial charge < -0.3 is 62.3 Å². The third kappa shape index (κ3) is 21.6. The molecule has 2 aromatic carbocycles. The number of alkyl carbamates (subject to hydrolysis) is 2. The van der Waals surface area contributed by atoms with Crippen LogP contribution in [0.25, 0.3) is 0 Å². The molecule has 6 amide bonds. The van der Waals surface area contributed by atoms with Crippen molar-refractivity contribution in [2.24, 2.45) is 11.5 Å². The molecule has 410 valence electrons. The van der Waals surface area contributed by atoms with Crippen LogP contribution >= 0.6 is 0 Å². The number of anilines is 4. The Bertz CT molecular complexity index is 2270. The molecule has 0 saturated carbocycles. The SMILES string of the molecule is C[C@@H](CCNC(=O)OC(C)(C)C)Oc1c(NC(=O)CCCCN)cc(C(F)(F)F)cc1NC(=O)c1cc(C(=O)Nc2cc(C(F)(F)F)cc(NC(=O)CCCCN)c2O[C@@H](C)CCNC(=O)OC(C)(C)C)ncn1. The van der Waals surface area contributed by atoms with Crippen molar-refractivity contribution < 1.29 is 74.1 Å². The van der Waals surface area contributed by atoms with Gasteiger partial charge in [0.1, 0.15) is 28.9 Å². The van der Waals surface area contributed by atoms with Crippen LogP contribution in [0.3, 0.4) is 0 Å². The third-order valence-corrected chi connectivity index (χ3v) is 9.80. The predicted octanol–water partition coefficient (Wildman–Crippen LogP) is 8.52. The minimum atomic E-state index is -5.03. The first-order chi connectivity index (χ1) is 34.4. The molecule has 1 heterocycles. The predicted molar refractivity (Wildman–Crippen MR) is 262 cm³/mol. The second-order valence-corrected chi connectivity index (χ2v) is 18.9. The highest BCUT2D eigenvalue weighted by molar-refractivity contribution is 6.09. The second kappa shape index (κ2) is 27.4. The minimum Gasteiger partial charge on any atom is -0.486 e. The highest BCUT2D eigenvalue weighted by atomic mass is 19.4. The maximum Gasteiger partial charge on any atom is 0.416 e. The number of halogens is 6. The summed E-state index contributed by atoms with van der Waals surface area (Å²) in [5, 5.41) is 14.5. The summed E-state index contributed by atoms with van der Waals surface area (Å²) in [6, 6.07) is 3.09. The number of alkyl halides is 6. The average molecular weight is 1060 g/mol. The van der Waals surface area contributed by atoms with E-state index < -0.39 is 128 Å². The quantitative estimate of drug-likeness (QED) is 0.0308. The van der Waals surface area contributed by atoms with Crippen molar-refractivity contribution in [3.63, 3.8) is 0 Å². The van der Waals surface area contributed by atoms with E-state index in [0.717, 1.165) is 12.4 Å². The van der Waals surface area contributed by atoms with Crippen LogP contribution in [0, 0.1) is 0 Å². The molecule has 0 radical (unpaired) electrons. The number of nitrogens with one attached hydrogen (secondary N) is 6. The van der Waals surface area contributed by atoms with Gasteiger partial charge in [0, 0.05) is 44.8 Å². The molecule has 3 rings (SSSR count). The van der Waals surface area contributed by atoms with E-state index in [9.17, 15) is 55.1 Å². The lowest BCUT2D eigenvalue weighted by Crippen LogP contribution is -2.34. The molecule has 3 aromatic rings. The van der Waals surface area contributed by atoms with Gasteiger partial charge >= 0.3 is 24.5 Å². The van der Waals surface area contributed by atoms with Gasteiger partial charge in [0.2, 0.25) is 11.8 Å². The molecule has 20 nitrogen and oxygen atoms in total. The number of nitrogens with two attached hydrogens (primary N) is 2. The Morgan fingerprint density at radius 2 is 0.878 bits per heavy atom. The molecule has 0 spiro atoms. The van der Waals surface area contributed by atoms with Crippen molar-refractivity contribution in [3.05, 3.63) is 59.2 Å². The molecule has 0 bridgehead atoms. The Kier molecular flexibility index (Phi) is 22.7. The summed E-state index contributed by atoms with van der Waals surface area (Å²) in [4.78, 5) is 86.1. The Balaban J connectivity index is 2.07. The number of rotatable bonds is 24. The number of carbonyl (C=O) groups excluding carboxylic acids is 6. The minimum absolute atomic E-state index is 0.0311. The third-order valence-electron chi connectivity index (χ3n) is 9.80. The van der Waals surface area contributed by atoms with E-state index in [4.69, 9.17) is 30.4 Å². The largest absolute Gasteiger partial charge is 0.486 e. The summed E-state index contributed by atoms with van der Waals surface area (Å²) < 4.78 is 109. The van der Waals surface area contributed by atoms with E-state index in [1.54, 1.807) is 41.5 Å². The Hall–Kier alpha value is -6.96. The van der Waals surface area contributed by atoms with Gasteiger partial charge in [-0.2, -0.15) is 26.3 Å². The summed E-state index contributed by atoms with van der Waals surface area (Å²) in [5.41, 5.74) is 3.34. The van der Waals surface area contributed by atoms with Gasteiger partial charge in [-0.3, -0.25) is 19.2 Å². The summed E-state index contributed by atoms with van der Waals surface area (Å²) in [5.74, 6) is -4.74. The van der Waals surface area contributed by atoms with Crippen LogP contribution in [0.5, 0.6) is 11.5 Å². The molecule has 26 heteroatoms. The van der Waals surface area contributed by atoms with Crippen molar-refractivity contribution in [2.75, 3.05) is 47.4 Å². The summed E-state index contributed by atoms with van der Waals surface area (Å²) in [7, 11) is 0. The lowest BCUT2D eigenvalue weighted by Gasteiger charge is -2.23. The average Bonchev–Trinajstić information content (AvgIpc) is 3.26. The van der Waals surface area contributed by atoms with Crippen LogP contribution < -0.4 is 52.8 Å². The lowest BCUT2D eigenvalue weighted by molar-refractivity contribution is -0.138. The summed E-state index contributed by atoms with van der Waals surface area (Å²) in [6.45, 7) is 13.4. The molecule has 74 heavy (non-hydrogen) atoms. The second-order valence-electron chi connectivity index (χ2n) is 18.9. The molecule has 0 unspecified atom stereocenters. The van der Waals surface area contributed by atoms with E-state index in [1.807, 2.05) is 0 Å². The molecule has 0 aliphatic rings. The fraction of sp³-hybridized carbons (Fsp3) is 0.542. The van der Waals surface area contributed by atoms with Gasteiger partial charge in [-0.15, -0.1) is 0 Å². The zero-order valence-corrected chi connectivity index (χ0v) is 42.5.